The van der Waals surface area contributed by atoms with E-state index in [1.807, 2.05) is 21.1 Å². The van der Waals surface area contributed by atoms with Gasteiger partial charge in [0.1, 0.15) is 5.79 Å². The SMILES string of the molecule is [CH2]C(NC)(NC)NC. The first-order valence-corrected chi connectivity index (χ1v) is 2.60. The Morgan fingerprint density at radius 2 is 1.25 bits per heavy atom. The maximum absolute atomic E-state index is 3.79. The third-order valence-corrected chi connectivity index (χ3v) is 1.28. The summed E-state index contributed by atoms with van der Waals surface area (Å²) < 4.78 is 0. The normalized spacial score (nSPS) is 12.0. The first-order chi connectivity index (χ1) is 3.68. The van der Waals surface area contributed by atoms with Gasteiger partial charge in [-0.3, -0.25) is 16.0 Å². The molecule has 0 aromatic heterocycles. The van der Waals surface area contributed by atoms with Crippen LogP contribution in [0.4, 0.5) is 0 Å². The van der Waals surface area contributed by atoms with Gasteiger partial charge in [0.05, 0.1) is 0 Å². The summed E-state index contributed by atoms with van der Waals surface area (Å²) in [5.74, 6) is -0.375. The Morgan fingerprint density at radius 3 is 1.25 bits per heavy atom. The second-order valence-corrected chi connectivity index (χ2v) is 1.66. The molecule has 0 bridgehead atoms. The lowest BCUT2D eigenvalue weighted by atomic mass is 10.4. The van der Waals surface area contributed by atoms with Crippen molar-refractivity contribution in [2.75, 3.05) is 21.1 Å². The Labute approximate surface area is 50.8 Å². The van der Waals surface area contributed by atoms with Crippen molar-refractivity contribution in [2.24, 2.45) is 0 Å². The third kappa shape index (κ3) is 1.78. The van der Waals surface area contributed by atoms with E-state index in [0.717, 1.165) is 0 Å². The zero-order chi connectivity index (χ0) is 6.62. The first kappa shape index (κ1) is 7.88. The Kier molecular flexibility index (Phi) is 2.97. The third-order valence-electron chi connectivity index (χ3n) is 1.28. The van der Waals surface area contributed by atoms with E-state index in [2.05, 4.69) is 22.9 Å². The molecule has 1 radical (unpaired) electrons. The highest BCUT2D eigenvalue weighted by molar-refractivity contribution is 4.79. The standard InChI is InChI=1S/C5H14N3/c1-5(6-2,7-3)8-4/h6-8H,1H2,2-4H3. The second kappa shape index (κ2) is 3.02. The van der Waals surface area contributed by atoms with Crippen LogP contribution in [0.1, 0.15) is 0 Å². The molecule has 0 spiro atoms. The molecule has 0 aliphatic carbocycles. The molecule has 0 atom stereocenters. The van der Waals surface area contributed by atoms with Crippen molar-refractivity contribution in [1.82, 2.24) is 16.0 Å². The highest BCUT2D eigenvalue weighted by Gasteiger charge is 2.13. The topological polar surface area (TPSA) is 36.1 Å². The molecule has 3 heteroatoms. The van der Waals surface area contributed by atoms with Gasteiger partial charge in [0.25, 0.3) is 0 Å². The van der Waals surface area contributed by atoms with Crippen LogP contribution in [0.5, 0.6) is 0 Å². The summed E-state index contributed by atoms with van der Waals surface area (Å²) in [6.07, 6.45) is 0. The van der Waals surface area contributed by atoms with Crippen LogP contribution in [-0.2, 0) is 0 Å². The van der Waals surface area contributed by atoms with E-state index in [0.29, 0.717) is 0 Å². The van der Waals surface area contributed by atoms with Gasteiger partial charge in [-0.25, -0.2) is 0 Å². The molecule has 0 aromatic rings. The number of hydrogen-bond acceptors (Lipinski definition) is 3. The molecule has 3 N–H and O–H groups in total. The summed E-state index contributed by atoms with van der Waals surface area (Å²) in [7, 11) is 5.50. The van der Waals surface area contributed by atoms with E-state index in [-0.39, 0.29) is 5.79 Å². The molecule has 0 heterocycles. The highest BCUT2D eigenvalue weighted by atomic mass is 15.3. The summed E-state index contributed by atoms with van der Waals surface area (Å²) >= 11 is 0. The van der Waals surface area contributed by atoms with Gasteiger partial charge in [0, 0.05) is 0 Å². The van der Waals surface area contributed by atoms with Crippen LogP contribution in [0, 0.1) is 6.92 Å². The van der Waals surface area contributed by atoms with Gasteiger partial charge < -0.3 is 0 Å². The second-order valence-electron chi connectivity index (χ2n) is 1.66. The molecule has 0 unspecified atom stereocenters. The smallest absolute Gasteiger partial charge is 0.122 e. The number of rotatable bonds is 3. The highest BCUT2D eigenvalue weighted by Crippen LogP contribution is 1.83. The van der Waals surface area contributed by atoms with Crippen LogP contribution in [0.3, 0.4) is 0 Å². The van der Waals surface area contributed by atoms with Gasteiger partial charge in [-0.15, -0.1) is 0 Å². The van der Waals surface area contributed by atoms with Crippen molar-refractivity contribution in [3.8, 4) is 0 Å². The van der Waals surface area contributed by atoms with Gasteiger partial charge in [-0.05, 0) is 28.1 Å². The quantitative estimate of drug-likeness (QED) is 0.420. The van der Waals surface area contributed by atoms with Crippen LogP contribution in [-0.4, -0.2) is 26.9 Å². The average molecular weight is 116 g/mol. The fourth-order valence-corrected chi connectivity index (χ4v) is 0.375. The van der Waals surface area contributed by atoms with Crippen molar-refractivity contribution in [3.63, 3.8) is 0 Å². The van der Waals surface area contributed by atoms with E-state index in [9.17, 15) is 0 Å². The molecule has 0 amide bonds. The lowest BCUT2D eigenvalue weighted by Crippen LogP contribution is -2.60. The maximum Gasteiger partial charge on any atom is 0.122 e. The molecule has 8 heavy (non-hydrogen) atoms. The van der Waals surface area contributed by atoms with Crippen LogP contribution in [0.2, 0.25) is 0 Å². The van der Waals surface area contributed by atoms with Gasteiger partial charge >= 0.3 is 0 Å². The van der Waals surface area contributed by atoms with Gasteiger partial charge in [-0.1, -0.05) is 0 Å². The molecular weight excluding hydrogens is 102 g/mol. The lowest BCUT2D eigenvalue weighted by molar-refractivity contribution is 0.317. The zero-order valence-electron chi connectivity index (χ0n) is 5.71. The average Bonchev–Trinajstić information content (AvgIpc) is 1.87. The molecular formula is C5H14N3. The van der Waals surface area contributed by atoms with E-state index < -0.39 is 0 Å². The van der Waals surface area contributed by atoms with Gasteiger partial charge in [-0.2, -0.15) is 0 Å². The van der Waals surface area contributed by atoms with Crippen molar-refractivity contribution < 1.29 is 0 Å². The lowest BCUT2D eigenvalue weighted by Gasteiger charge is -2.27. The van der Waals surface area contributed by atoms with Crippen molar-refractivity contribution in [3.05, 3.63) is 6.92 Å². The number of nitrogens with one attached hydrogen (secondary N) is 3. The van der Waals surface area contributed by atoms with Crippen LogP contribution in [0.15, 0.2) is 0 Å². The summed E-state index contributed by atoms with van der Waals surface area (Å²) in [5, 5.41) is 8.83. The van der Waals surface area contributed by atoms with E-state index in [1.165, 1.54) is 0 Å². The Bertz CT molecular complexity index is 50.4. The van der Waals surface area contributed by atoms with Crippen LogP contribution < -0.4 is 16.0 Å². The molecule has 0 rings (SSSR count). The fraction of sp³-hybridized carbons (Fsp3) is 0.800. The molecule has 3 nitrogen and oxygen atoms in total. The summed E-state index contributed by atoms with van der Waals surface area (Å²) in [6, 6.07) is 0. The molecule has 0 aliphatic rings. The minimum absolute atomic E-state index is 0.375. The Balaban J connectivity index is 3.58. The largest absolute Gasteiger partial charge is 0.290 e. The van der Waals surface area contributed by atoms with E-state index >= 15 is 0 Å². The first-order valence-electron chi connectivity index (χ1n) is 2.60. The van der Waals surface area contributed by atoms with Gasteiger partial charge in [0.15, 0.2) is 0 Å². The van der Waals surface area contributed by atoms with Crippen LogP contribution >= 0.6 is 0 Å². The van der Waals surface area contributed by atoms with Gasteiger partial charge in [0.2, 0.25) is 0 Å². The predicted molar refractivity (Wildman–Crippen MR) is 35.3 cm³/mol. The van der Waals surface area contributed by atoms with E-state index in [1.54, 1.807) is 0 Å². The molecule has 0 aliphatic heterocycles. The monoisotopic (exact) mass is 116 g/mol. The Morgan fingerprint density at radius 1 is 1.00 bits per heavy atom. The maximum atomic E-state index is 3.79. The zero-order valence-corrected chi connectivity index (χ0v) is 5.71. The van der Waals surface area contributed by atoms with Crippen molar-refractivity contribution >= 4 is 0 Å². The minimum Gasteiger partial charge on any atom is -0.290 e. The summed E-state index contributed by atoms with van der Waals surface area (Å²) in [6.45, 7) is 3.79. The molecule has 0 fully saturated rings. The molecule has 0 aromatic carbocycles. The fourth-order valence-electron chi connectivity index (χ4n) is 0.375. The molecule has 49 valence electrons. The van der Waals surface area contributed by atoms with Crippen molar-refractivity contribution in [1.29, 1.82) is 0 Å². The predicted octanol–water partition coefficient (Wildman–Crippen LogP) is -0.868. The summed E-state index contributed by atoms with van der Waals surface area (Å²) in [5.41, 5.74) is 0. The molecule has 0 saturated carbocycles. The van der Waals surface area contributed by atoms with Crippen molar-refractivity contribution in [2.45, 2.75) is 5.79 Å². The Hall–Kier alpha value is -0.120. The summed E-state index contributed by atoms with van der Waals surface area (Å²) in [4.78, 5) is 0. The molecule has 0 saturated heterocycles. The number of hydrogen-bond donors (Lipinski definition) is 3. The van der Waals surface area contributed by atoms with Crippen LogP contribution in [0.25, 0.3) is 0 Å². The minimum atomic E-state index is -0.375. The van der Waals surface area contributed by atoms with E-state index in [4.69, 9.17) is 0 Å².